The Balaban J connectivity index is 2.04. The Morgan fingerprint density at radius 3 is 2.83 bits per heavy atom. The molecular weight excluding hydrogens is 150 g/mol. The normalized spacial score (nSPS) is 27.5. The van der Waals surface area contributed by atoms with Crippen molar-refractivity contribution < 1.29 is 0 Å². The molecular formula is C9H15N3. The highest BCUT2D eigenvalue weighted by atomic mass is 15.3. The first kappa shape index (κ1) is 7.65. The Morgan fingerprint density at radius 1 is 1.75 bits per heavy atom. The van der Waals surface area contributed by atoms with Crippen molar-refractivity contribution in [2.24, 2.45) is 11.8 Å². The van der Waals surface area contributed by atoms with Gasteiger partial charge in [0.15, 0.2) is 0 Å². The van der Waals surface area contributed by atoms with E-state index in [0.29, 0.717) is 5.82 Å². The van der Waals surface area contributed by atoms with Gasteiger partial charge in [0.25, 0.3) is 0 Å². The molecule has 1 aliphatic carbocycles. The third kappa shape index (κ3) is 1.31. The van der Waals surface area contributed by atoms with Crippen LogP contribution >= 0.6 is 0 Å². The molecule has 2 unspecified atom stereocenters. The number of hydrogen-bond donors (Lipinski definition) is 1. The van der Waals surface area contributed by atoms with E-state index < -0.39 is 0 Å². The van der Waals surface area contributed by atoms with Crippen molar-refractivity contribution >= 4 is 5.82 Å². The van der Waals surface area contributed by atoms with Crippen molar-refractivity contribution in [3.63, 3.8) is 0 Å². The SMILES string of the molecule is Cc1cn(CC2CC2C)nc1N. The summed E-state index contributed by atoms with van der Waals surface area (Å²) in [5.41, 5.74) is 6.73. The largest absolute Gasteiger partial charge is 0.382 e. The van der Waals surface area contributed by atoms with Crippen molar-refractivity contribution in [1.29, 1.82) is 0 Å². The molecule has 1 heterocycles. The molecule has 12 heavy (non-hydrogen) atoms. The maximum absolute atomic E-state index is 5.64. The highest BCUT2D eigenvalue weighted by molar-refractivity contribution is 5.35. The Labute approximate surface area is 72.6 Å². The fourth-order valence-electron chi connectivity index (χ4n) is 1.52. The molecule has 0 aromatic carbocycles. The van der Waals surface area contributed by atoms with Crippen LogP contribution in [0.5, 0.6) is 0 Å². The number of hydrogen-bond acceptors (Lipinski definition) is 2. The molecule has 1 fully saturated rings. The summed E-state index contributed by atoms with van der Waals surface area (Å²) in [6.45, 7) is 5.32. The van der Waals surface area contributed by atoms with Gasteiger partial charge < -0.3 is 5.73 Å². The van der Waals surface area contributed by atoms with Crippen molar-refractivity contribution in [2.45, 2.75) is 26.8 Å². The molecule has 1 aliphatic rings. The lowest BCUT2D eigenvalue weighted by Gasteiger charge is -1.97. The smallest absolute Gasteiger partial charge is 0.148 e. The van der Waals surface area contributed by atoms with Crippen LogP contribution in [-0.4, -0.2) is 9.78 Å². The molecule has 0 spiro atoms. The molecule has 1 aromatic rings. The lowest BCUT2D eigenvalue weighted by Crippen LogP contribution is -2.01. The second-order valence-electron chi connectivity index (χ2n) is 3.89. The van der Waals surface area contributed by atoms with Crippen LogP contribution in [0.4, 0.5) is 5.82 Å². The minimum absolute atomic E-state index is 0.670. The summed E-state index contributed by atoms with van der Waals surface area (Å²) >= 11 is 0. The molecule has 1 saturated carbocycles. The van der Waals surface area contributed by atoms with Gasteiger partial charge in [-0.2, -0.15) is 5.10 Å². The van der Waals surface area contributed by atoms with Crippen LogP contribution in [0.2, 0.25) is 0 Å². The molecule has 3 nitrogen and oxygen atoms in total. The first-order valence-corrected chi connectivity index (χ1v) is 4.46. The van der Waals surface area contributed by atoms with Crippen LogP contribution in [0.15, 0.2) is 6.20 Å². The van der Waals surface area contributed by atoms with Gasteiger partial charge in [0.2, 0.25) is 0 Å². The molecule has 0 bridgehead atoms. The van der Waals surface area contributed by atoms with Crippen LogP contribution in [0, 0.1) is 18.8 Å². The molecule has 0 aliphatic heterocycles. The number of nitrogens with zero attached hydrogens (tertiary/aromatic N) is 2. The van der Waals surface area contributed by atoms with Crippen molar-refractivity contribution in [3.05, 3.63) is 11.8 Å². The van der Waals surface area contributed by atoms with Gasteiger partial charge in [0, 0.05) is 18.3 Å². The van der Waals surface area contributed by atoms with E-state index in [4.69, 9.17) is 5.73 Å². The molecule has 2 rings (SSSR count). The highest BCUT2D eigenvalue weighted by Crippen LogP contribution is 2.38. The molecule has 0 amide bonds. The van der Waals surface area contributed by atoms with Crippen LogP contribution in [-0.2, 0) is 6.54 Å². The van der Waals surface area contributed by atoms with Gasteiger partial charge in [-0.05, 0) is 25.2 Å². The zero-order chi connectivity index (χ0) is 8.72. The lowest BCUT2D eigenvalue weighted by atomic mass is 10.3. The number of rotatable bonds is 2. The number of nitrogens with two attached hydrogens (primary N) is 1. The Bertz CT molecular complexity index is 270. The van der Waals surface area contributed by atoms with E-state index in [-0.39, 0.29) is 0 Å². The Kier molecular flexibility index (Phi) is 1.60. The van der Waals surface area contributed by atoms with Crippen LogP contribution in [0.1, 0.15) is 18.9 Å². The van der Waals surface area contributed by atoms with E-state index in [0.717, 1.165) is 23.9 Å². The molecule has 1 aromatic heterocycles. The fraction of sp³-hybridized carbons (Fsp3) is 0.667. The summed E-state index contributed by atoms with van der Waals surface area (Å²) in [6, 6.07) is 0. The summed E-state index contributed by atoms with van der Waals surface area (Å²) in [7, 11) is 0. The highest BCUT2D eigenvalue weighted by Gasteiger charge is 2.32. The molecule has 2 atom stereocenters. The predicted molar refractivity (Wildman–Crippen MR) is 48.6 cm³/mol. The van der Waals surface area contributed by atoms with Gasteiger partial charge in [-0.25, -0.2) is 0 Å². The topological polar surface area (TPSA) is 43.8 Å². The summed E-state index contributed by atoms with van der Waals surface area (Å²) in [5.74, 6) is 2.39. The van der Waals surface area contributed by atoms with Crippen LogP contribution in [0.25, 0.3) is 0 Å². The molecule has 0 radical (unpaired) electrons. The van der Waals surface area contributed by atoms with E-state index in [1.54, 1.807) is 0 Å². The first-order valence-electron chi connectivity index (χ1n) is 4.46. The molecule has 66 valence electrons. The quantitative estimate of drug-likeness (QED) is 0.720. The molecule has 3 heteroatoms. The fourth-order valence-corrected chi connectivity index (χ4v) is 1.52. The standard InChI is InChI=1S/C9H15N3/c1-6-3-8(6)5-12-4-7(2)9(10)11-12/h4,6,8H,3,5H2,1-2H3,(H2,10,11). The number of anilines is 1. The van der Waals surface area contributed by atoms with E-state index >= 15 is 0 Å². The summed E-state index contributed by atoms with van der Waals surface area (Å²) in [4.78, 5) is 0. The molecule has 0 saturated heterocycles. The van der Waals surface area contributed by atoms with Crippen LogP contribution in [0.3, 0.4) is 0 Å². The van der Waals surface area contributed by atoms with E-state index in [1.807, 2.05) is 17.8 Å². The van der Waals surface area contributed by atoms with Gasteiger partial charge >= 0.3 is 0 Å². The van der Waals surface area contributed by atoms with E-state index in [1.165, 1.54) is 6.42 Å². The summed E-state index contributed by atoms with van der Waals surface area (Å²) < 4.78 is 1.97. The Morgan fingerprint density at radius 2 is 2.42 bits per heavy atom. The van der Waals surface area contributed by atoms with Gasteiger partial charge in [-0.3, -0.25) is 4.68 Å². The lowest BCUT2D eigenvalue weighted by molar-refractivity contribution is 0.541. The number of nitrogen functional groups attached to an aromatic ring is 1. The minimum atomic E-state index is 0.670. The van der Waals surface area contributed by atoms with Gasteiger partial charge in [0.05, 0.1) is 0 Å². The first-order chi connectivity index (χ1) is 5.66. The van der Waals surface area contributed by atoms with Gasteiger partial charge in [-0.1, -0.05) is 6.92 Å². The maximum Gasteiger partial charge on any atom is 0.148 e. The monoisotopic (exact) mass is 165 g/mol. The number of aromatic nitrogens is 2. The third-order valence-corrected chi connectivity index (χ3v) is 2.68. The minimum Gasteiger partial charge on any atom is -0.382 e. The Hall–Kier alpha value is -0.990. The number of aryl methyl sites for hydroxylation is 1. The molecule has 2 N–H and O–H groups in total. The second kappa shape index (κ2) is 2.51. The van der Waals surface area contributed by atoms with Crippen molar-refractivity contribution in [2.75, 3.05) is 5.73 Å². The zero-order valence-corrected chi connectivity index (χ0v) is 7.62. The van der Waals surface area contributed by atoms with Gasteiger partial charge in [-0.15, -0.1) is 0 Å². The maximum atomic E-state index is 5.64. The van der Waals surface area contributed by atoms with Crippen molar-refractivity contribution in [3.8, 4) is 0 Å². The average Bonchev–Trinajstić information content (AvgIpc) is 2.56. The van der Waals surface area contributed by atoms with Gasteiger partial charge in [0.1, 0.15) is 5.82 Å². The van der Waals surface area contributed by atoms with E-state index in [9.17, 15) is 0 Å². The summed E-state index contributed by atoms with van der Waals surface area (Å²) in [6.07, 6.45) is 3.37. The summed E-state index contributed by atoms with van der Waals surface area (Å²) in [5, 5.41) is 4.22. The van der Waals surface area contributed by atoms with E-state index in [2.05, 4.69) is 12.0 Å². The third-order valence-electron chi connectivity index (χ3n) is 2.68. The predicted octanol–water partition coefficient (Wildman–Crippen LogP) is 1.43. The average molecular weight is 165 g/mol. The second-order valence-corrected chi connectivity index (χ2v) is 3.89. The zero-order valence-electron chi connectivity index (χ0n) is 7.62. The van der Waals surface area contributed by atoms with Crippen LogP contribution < -0.4 is 5.73 Å². The van der Waals surface area contributed by atoms with Crippen molar-refractivity contribution in [1.82, 2.24) is 9.78 Å².